The number of hydrogen-bond acceptors (Lipinski definition) is 4. The molecule has 0 aromatic carbocycles. The van der Waals surface area contributed by atoms with Crippen molar-refractivity contribution in [3.63, 3.8) is 0 Å². The summed E-state index contributed by atoms with van der Waals surface area (Å²) in [5.74, 6) is 1.09. The lowest BCUT2D eigenvalue weighted by molar-refractivity contribution is 0.229. The second-order valence-corrected chi connectivity index (χ2v) is 4.35. The molecule has 2 N–H and O–H groups in total. The van der Waals surface area contributed by atoms with E-state index in [4.69, 9.17) is 10.4 Å². The molecule has 0 fully saturated rings. The van der Waals surface area contributed by atoms with Gasteiger partial charge in [0.1, 0.15) is 5.82 Å². The van der Waals surface area contributed by atoms with Crippen molar-refractivity contribution >= 4 is 5.82 Å². The Labute approximate surface area is 102 Å². The predicted molar refractivity (Wildman–Crippen MR) is 67.7 cm³/mol. The molecule has 0 amide bonds. The number of aliphatic hydroxyl groups excluding tert-OH is 1. The normalized spacial score (nSPS) is 11.9. The summed E-state index contributed by atoms with van der Waals surface area (Å²) in [7, 11) is 0. The summed E-state index contributed by atoms with van der Waals surface area (Å²) in [5, 5.41) is 20.9. The lowest BCUT2D eigenvalue weighted by atomic mass is 10.1. The number of nitrogens with zero attached hydrogens (tertiary/aromatic N) is 2. The molecule has 0 aliphatic rings. The van der Waals surface area contributed by atoms with Gasteiger partial charge >= 0.3 is 0 Å². The van der Waals surface area contributed by atoms with Crippen molar-refractivity contribution in [3.8, 4) is 6.07 Å². The summed E-state index contributed by atoms with van der Waals surface area (Å²) in [6.07, 6.45) is 1.97. The zero-order valence-corrected chi connectivity index (χ0v) is 10.4. The first-order chi connectivity index (χ1) is 8.15. The Bertz CT molecular complexity index is 398. The molecule has 4 heteroatoms. The summed E-state index contributed by atoms with van der Waals surface area (Å²) in [4.78, 5) is 4.31. The molecule has 4 nitrogen and oxygen atoms in total. The quantitative estimate of drug-likeness (QED) is 0.738. The second kappa shape index (κ2) is 6.87. The van der Waals surface area contributed by atoms with Crippen LogP contribution >= 0.6 is 0 Å². The number of aromatic nitrogens is 1. The Morgan fingerprint density at radius 2 is 2.29 bits per heavy atom. The molecule has 0 aliphatic carbocycles. The van der Waals surface area contributed by atoms with Crippen LogP contribution in [-0.2, 0) is 0 Å². The van der Waals surface area contributed by atoms with E-state index in [0.29, 0.717) is 11.5 Å². The summed E-state index contributed by atoms with van der Waals surface area (Å²) in [6, 6.07) is 5.63. The van der Waals surface area contributed by atoms with Crippen molar-refractivity contribution in [1.29, 1.82) is 5.26 Å². The standard InChI is InChI=1S/C13H19N3O/c1-10(9-17)4-3-5-15-13-7-12(8-14)6-11(2)16-13/h6-7,10,17H,3-5,9H2,1-2H3,(H,15,16). The first-order valence-corrected chi connectivity index (χ1v) is 5.89. The van der Waals surface area contributed by atoms with Gasteiger partial charge in [-0.05, 0) is 37.8 Å². The average molecular weight is 233 g/mol. The van der Waals surface area contributed by atoms with Crippen LogP contribution < -0.4 is 5.32 Å². The van der Waals surface area contributed by atoms with Gasteiger partial charge in [-0.3, -0.25) is 0 Å². The molecule has 1 aromatic rings. The van der Waals surface area contributed by atoms with E-state index in [9.17, 15) is 0 Å². The fourth-order valence-electron chi connectivity index (χ4n) is 1.58. The van der Waals surface area contributed by atoms with Crippen LogP contribution in [0.25, 0.3) is 0 Å². The molecule has 92 valence electrons. The zero-order valence-electron chi connectivity index (χ0n) is 10.4. The highest BCUT2D eigenvalue weighted by molar-refractivity contribution is 5.44. The first kappa shape index (κ1) is 13.5. The van der Waals surface area contributed by atoms with Gasteiger partial charge in [0, 0.05) is 18.8 Å². The number of pyridine rings is 1. The molecule has 1 atom stereocenters. The molecule has 1 aromatic heterocycles. The Hall–Kier alpha value is -1.60. The largest absolute Gasteiger partial charge is 0.396 e. The second-order valence-electron chi connectivity index (χ2n) is 4.35. The third kappa shape index (κ3) is 4.83. The van der Waals surface area contributed by atoms with Gasteiger partial charge in [0.25, 0.3) is 0 Å². The van der Waals surface area contributed by atoms with Crippen molar-refractivity contribution in [3.05, 3.63) is 23.4 Å². The smallest absolute Gasteiger partial charge is 0.127 e. The van der Waals surface area contributed by atoms with E-state index in [1.807, 2.05) is 13.8 Å². The van der Waals surface area contributed by atoms with Gasteiger partial charge in [-0.2, -0.15) is 5.26 Å². The molecule has 0 saturated heterocycles. The van der Waals surface area contributed by atoms with Crippen molar-refractivity contribution in [2.45, 2.75) is 26.7 Å². The van der Waals surface area contributed by atoms with E-state index < -0.39 is 0 Å². The van der Waals surface area contributed by atoms with Crippen molar-refractivity contribution < 1.29 is 5.11 Å². The number of aliphatic hydroxyl groups is 1. The molecule has 1 unspecified atom stereocenters. The van der Waals surface area contributed by atoms with Crippen LogP contribution in [0.3, 0.4) is 0 Å². The van der Waals surface area contributed by atoms with E-state index in [1.54, 1.807) is 12.1 Å². The fourth-order valence-corrected chi connectivity index (χ4v) is 1.58. The van der Waals surface area contributed by atoms with Crippen molar-refractivity contribution in [1.82, 2.24) is 4.98 Å². The zero-order chi connectivity index (χ0) is 12.7. The molecule has 0 radical (unpaired) electrons. The van der Waals surface area contributed by atoms with Crippen LogP contribution in [0.5, 0.6) is 0 Å². The molecule has 0 aliphatic heterocycles. The number of hydrogen-bond donors (Lipinski definition) is 2. The van der Waals surface area contributed by atoms with E-state index in [1.165, 1.54) is 0 Å². The Morgan fingerprint density at radius 3 is 2.94 bits per heavy atom. The maximum atomic E-state index is 8.89. The van der Waals surface area contributed by atoms with Gasteiger partial charge in [-0.1, -0.05) is 6.92 Å². The van der Waals surface area contributed by atoms with Gasteiger partial charge in [0.2, 0.25) is 0 Å². The summed E-state index contributed by atoms with van der Waals surface area (Å²) >= 11 is 0. The highest BCUT2D eigenvalue weighted by Crippen LogP contribution is 2.10. The number of rotatable bonds is 6. The lowest BCUT2D eigenvalue weighted by Gasteiger charge is -2.09. The van der Waals surface area contributed by atoms with E-state index in [2.05, 4.69) is 16.4 Å². The molecule has 17 heavy (non-hydrogen) atoms. The van der Waals surface area contributed by atoms with Gasteiger partial charge in [0.05, 0.1) is 11.6 Å². The molecular formula is C13H19N3O. The van der Waals surface area contributed by atoms with Gasteiger partial charge < -0.3 is 10.4 Å². The van der Waals surface area contributed by atoms with Crippen molar-refractivity contribution in [2.24, 2.45) is 5.92 Å². The third-order valence-electron chi connectivity index (χ3n) is 2.57. The van der Waals surface area contributed by atoms with Gasteiger partial charge in [-0.15, -0.1) is 0 Å². The predicted octanol–water partition coefficient (Wildman–Crippen LogP) is 2.08. The Kier molecular flexibility index (Phi) is 5.44. The highest BCUT2D eigenvalue weighted by Gasteiger charge is 2.01. The molecule has 1 rings (SSSR count). The van der Waals surface area contributed by atoms with E-state index in [0.717, 1.165) is 30.9 Å². The molecule has 1 heterocycles. The minimum absolute atomic E-state index is 0.237. The Morgan fingerprint density at radius 1 is 1.53 bits per heavy atom. The van der Waals surface area contributed by atoms with Crippen LogP contribution in [0.15, 0.2) is 12.1 Å². The van der Waals surface area contributed by atoms with Gasteiger partial charge in [-0.25, -0.2) is 4.98 Å². The van der Waals surface area contributed by atoms with Gasteiger partial charge in [0.15, 0.2) is 0 Å². The van der Waals surface area contributed by atoms with Crippen LogP contribution in [0, 0.1) is 24.2 Å². The number of nitrogens with one attached hydrogen (secondary N) is 1. The maximum Gasteiger partial charge on any atom is 0.127 e. The monoisotopic (exact) mass is 233 g/mol. The summed E-state index contributed by atoms with van der Waals surface area (Å²) in [5.41, 5.74) is 1.47. The van der Waals surface area contributed by atoms with E-state index >= 15 is 0 Å². The first-order valence-electron chi connectivity index (χ1n) is 5.89. The van der Waals surface area contributed by atoms with Crippen LogP contribution in [0.1, 0.15) is 31.0 Å². The minimum Gasteiger partial charge on any atom is -0.396 e. The highest BCUT2D eigenvalue weighted by atomic mass is 16.3. The number of anilines is 1. The molecule has 0 saturated carbocycles. The fraction of sp³-hybridized carbons (Fsp3) is 0.538. The van der Waals surface area contributed by atoms with Crippen LogP contribution in [-0.4, -0.2) is 23.2 Å². The van der Waals surface area contributed by atoms with Crippen LogP contribution in [0.4, 0.5) is 5.82 Å². The summed E-state index contributed by atoms with van der Waals surface area (Å²) in [6.45, 7) is 4.95. The Balaban J connectivity index is 2.42. The molecule has 0 spiro atoms. The average Bonchev–Trinajstić information content (AvgIpc) is 2.33. The van der Waals surface area contributed by atoms with E-state index in [-0.39, 0.29) is 6.61 Å². The minimum atomic E-state index is 0.237. The molecule has 0 bridgehead atoms. The number of aryl methyl sites for hydroxylation is 1. The molecular weight excluding hydrogens is 214 g/mol. The SMILES string of the molecule is Cc1cc(C#N)cc(NCCCC(C)CO)n1. The van der Waals surface area contributed by atoms with Crippen molar-refractivity contribution in [2.75, 3.05) is 18.5 Å². The topological polar surface area (TPSA) is 68.9 Å². The maximum absolute atomic E-state index is 8.89. The third-order valence-corrected chi connectivity index (χ3v) is 2.57. The van der Waals surface area contributed by atoms with Crippen LogP contribution in [0.2, 0.25) is 0 Å². The lowest BCUT2D eigenvalue weighted by Crippen LogP contribution is -2.07. The summed E-state index contributed by atoms with van der Waals surface area (Å²) < 4.78 is 0. The number of nitriles is 1.